The van der Waals surface area contributed by atoms with Crippen LogP contribution in [0.5, 0.6) is 5.75 Å². The summed E-state index contributed by atoms with van der Waals surface area (Å²) in [4.78, 5) is 16.5. The number of piperidine rings is 1. The summed E-state index contributed by atoms with van der Waals surface area (Å²) in [6, 6.07) is 9.47. The number of para-hydroxylation sites is 1. The van der Waals surface area contributed by atoms with Gasteiger partial charge in [0, 0.05) is 32.1 Å². The molecule has 2 aliphatic heterocycles. The van der Waals surface area contributed by atoms with Gasteiger partial charge in [0.15, 0.2) is 6.61 Å². The van der Waals surface area contributed by atoms with Crippen molar-refractivity contribution >= 4 is 5.91 Å². The molecule has 120 valence electrons. The molecule has 2 heterocycles. The molecule has 5 nitrogen and oxygen atoms in total. The van der Waals surface area contributed by atoms with E-state index in [0.29, 0.717) is 12.5 Å². The van der Waals surface area contributed by atoms with Crippen molar-refractivity contribution in [2.24, 2.45) is 5.92 Å². The first-order valence-electron chi connectivity index (χ1n) is 7.98. The fraction of sp³-hybridized carbons (Fsp3) is 0.588. The number of benzene rings is 1. The van der Waals surface area contributed by atoms with Crippen LogP contribution in [0, 0.1) is 5.92 Å². The minimum Gasteiger partial charge on any atom is -0.484 e. The van der Waals surface area contributed by atoms with Crippen LogP contribution in [0.1, 0.15) is 6.42 Å². The number of amides is 1. The Kier molecular flexibility index (Phi) is 4.95. The van der Waals surface area contributed by atoms with Crippen molar-refractivity contribution in [2.75, 3.05) is 46.4 Å². The molecule has 0 spiro atoms. The lowest BCUT2D eigenvalue weighted by Gasteiger charge is -2.37. The van der Waals surface area contributed by atoms with Gasteiger partial charge < -0.3 is 19.3 Å². The molecule has 0 aromatic heterocycles. The number of hydrogen-bond donors (Lipinski definition) is 0. The lowest BCUT2D eigenvalue weighted by Crippen LogP contribution is -2.50. The van der Waals surface area contributed by atoms with Gasteiger partial charge in [0.1, 0.15) is 5.75 Å². The Hall–Kier alpha value is -1.59. The lowest BCUT2D eigenvalue weighted by molar-refractivity contribution is -0.139. The van der Waals surface area contributed by atoms with Gasteiger partial charge in [-0.05, 0) is 25.6 Å². The van der Waals surface area contributed by atoms with Gasteiger partial charge in [0.2, 0.25) is 0 Å². The van der Waals surface area contributed by atoms with Gasteiger partial charge >= 0.3 is 0 Å². The molecule has 2 aliphatic rings. The van der Waals surface area contributed by atoms with Crippen LogP contribution in [0.25, 0.3) is 0 Å². The Morgan fingerprint density at radius 2 is 2.09 bits per heavy atom. The number of rotatable bonds is 3. The molecule has 1 aromatic rings. The quantitative estimate of drug-likeness (QED) is 0.843. The number of ether oxygens (including phenoxy) is 2. The molecule has 5 heteroatoms. The van der Waals surface area contributed by atoms with Gasteiger partial charge in [-0.25, -0.2) is 0 Å². The van der Waals surface area contributed by atoms with E-state index in [0.717, 1.165) is 38.4 Å². The van der Waals surface area contributed by atoms with E-state index >= 15 is 0 Å². The van der Waals surface area contributed by atoms with Crippen molar-refractivity contribution < 1.29 is 14.3 Å². The Labute approximate surface area is 131 Å². The first-order valence-corrected chi connectivity index (χ1v) is 7.98. The average molecular weight is 304 g/mol. The Balaban J connectivity index is 1.51. The third kappa shape index (κ3) is 3.78. The van der Waals surface area contributed by atoms with E-state index in [1.807, 2.05) is 35.2 Å². The summed E-state index contributed by atoms with van der Waals surface area (Å²) in [5.41, 5.74) is 0. The van der Waals surface area contributed by atoms with Crippen molar-refractivity contribution in [2.45, 2.75) is 12.5 Å². The van der Waals surface area contributed by atoms with Gasteiger partial charge in [0.25, 0.3) is 5.91 Å². The molecule has 0 radical (unpaired) electrons. The molecule has 0 bridgehead atoms. The van der Waals surface area contributed by atoms with Crippen LogP contribution in [0.2, 0.25) is 0 Å². The fourth-order valence-electron chi connectivity index (χ4n) is 3.19. The molecular formula is C17H24N2O3. The van der Waals surface area contributed by atoms with Crippen molar-refractivity contribution in [3.8, 4) is 5.75 Å². The van der Waals surface area contributed by atoms with E-state index in [1.165, 1.54) is 0 Å². The Morgan fingerprint density at radius 3 is 2.91 bits per heavy atom. The van der Waals surface area contributed by atoms with Gasteiger partial charge in [-0.1, -0.05) is 18.2 Å². The van der Waals surface area contributed by atoms with E-state index in [2.05, 4.69) is 11.9 Å². The van der Waals surface area contributed by atoms with Crippen LogP contribution in [-0.2, 0) is 9.53 Å². The summed E-state index contributed by atoms with van der Waals surface area (Å²) < 4.78 is 11.5. The number of fused-ring (bicyclic) bond motifs is 1. The van der Waals surface area contributed by atoms with Gasteiger partial charge in [-0.15, -0.1) is 0 Å². The fourth-order valence-corrected chi connectivity index (χ4v) is 3.19. The summed E-state index contributed by atoms with van der Waals surface area (Å²) in [7, 11) is 2.14. The van der Waals surface area contributed by atoms with Crippen LogP contribution in [0.4, 0.5) is 0 Å². The molecule has 22 heavy (non-hydrogen) atoms. The number of likely N-dealkylation sites (tertiary alicyclic amines) is 1. The first-order chi connectivity index (χ1) is 10.7. The molecule has 0 N–H and O–H groups in total. The summed E-state index contributed by atoms with van der Waals surface area (Å²) in [6.45, 7) is 4.37. The Bertz CT molecular complexity index is 494. The topological polar surface area (TPSA) is 42.0 Å². The van der Waals surface area contributed by atoms with Gasteiger partial charge in [-0.3, -0.25) is 4.79 Å². The highest BCUT2D eigenvalue weighted by Gasteiger charge is 2.34. The lowest BCUT2D eigenvalue weighted by atomic mass is 9.93. The molecule has 3 rings (SSSR count). The van der Waals surface area contributed by atoms with Gasteiger partial charge in [-0.2, -0.15) is 0 Å². The second kappa shape index (κ2) is 7.11. The Morgan fingerprint density at radius 1 is 1.27 bits per heavy atom. The minimum atomic E-state index is 0.0449. The first kappa shape index (κ1) is 15.3. The summed E-state index contributed by atoms with van der Waals surface area (Å²) in [5.74, 6) is 1.31. The van der Waals surface area contributed by atoms with E-state index in [1.54, 1.807) is 0 Å². The maximum Gasteiger partial charge on any atom is 0.260 e. The number of carbonyl (C=O) groups is 1. The summed E-state index contributed by atoms with van der Waals surface area (Å²) >= 11 is 0. The van der Waals surface area contributed by atoms with Crippen LogP contribution < -0.4 is 4.74 Å². The third-order valence-electron chi connectivity index (χ3n) is 4.51. The number of nitrogens with zero attached hydrogens (tertiary/aromatic N) is 2. The molecule has 0 aliphatic carbocycles. The second-order valence-electron chi connectivity index (χ2n) is 6.16. The number of carbonyl (C=O) groups excluding carboxylic acids is 1. The molecule has 1 amide bonds. The predicted octanol–water partition coefficient (Wildman–Crippen LogP) is 1.24. The molecular weight excluding hydrogens is 280 g/mol. The monoisotopic (exact) mass is 304 g/mol. The van der Waals surface area contributed by atoms with Crippen LogP contribution in [0.3, 0.4) is 0 Å². The van der Waals surface area contributed by atoms with E-state index in [4.69, 9.17) is 9.47 Å². The molecule has 2 atom stereocenters. The zero-order valence-corrected chi connectivity index (χ0v) is 13.1. The minimum absolute atomic E-state index is 0.0449. The maximum absolute atomic E-state index is 12.3. The van der Waals surface area contributed by atoms with Crippen LogP contribution >= 0.6 is 0 Å². The zero-order chi connectivity index (χ0) is 15.4. The molecule has 1 aromatic carbocycles. The third-order valence-corrected chi connectivity index (χ3v) is 4.51. The number of hydrogen-bond acceptors (Lipinski definition) is 4. The molecule has 2 fully saturated rings. The van der Waals surface area contributed by atoms with E-state index in [-0.39, 0.29) is 18.6 Å². The SMILES string of the molecule is CN1CCO[C@@H]2CN(C(=O)COc3ccccc3)CC[C@@H]2C1. The number of likely N-dealkylation sites (N-methyl/N-ethyl adjacent to an activating group) is 1. The van der Waals surface area contributed by atoms with E-state index in [9.17, 15) is 4.79 Å². The second-order valence-corrected chi connectivity index (χ2v) is 6.16. The molecule has 2 saturated heterocycles. The molecule has 0 unspecified atom stereocenters. The van der Waals surface area contributed by atoms with Gasteiger partial charge in [0.05, 0.1) is 12.7 Å². The van der Waals surface area contributed by atoms with Crippen molar-refractivity contribution in [3.63, 3.8) is 0 Å². The highest BCUT2D eigenvalue weighted by atomic mass is 16.5. The zero-order valence-electron chi connectivity index (χ0n) is 13.1. The van der Waals surface area contributed by atoms with Crippen LogP contribution in [-0.4, -0.2) is 68.3 Å². The highest BCUT2D eigenvalue weighted by Crippen LogP contribution is 2.23. The molecule has 0 saturated carbocycles. The maximum atomic E-state index is 12.3. The predicted molar refractivity (Wildman–Crippen MR) is 83.9 cm³/mol. The van der Waals surface area contributed by atoms with Crippen molar-refractivity contribution in [1.82, 2.24) is 9.80 Å². The van der Waals surface area contributed by atoms with Crippen molar-refractivity contribution in [3.05, 3.63) is 30.3 Å². The van der Waals surface area contributed by atoms with E-state index < -0.39 is 0 Å². The van der Waals surface area contributed by atoms with Crippen molar-refractivity contribution in [1.29, 1.82) is 0 Å². The summed E-state index contributed by atoms with van der Waals surface area (Å²) in [5, 5.41) is 0. The standard InChI is InChI=1S/C17H24N2O3/c1-18-9-10-21-16-12-19(8-7-14(16)11-18)17(20)13-22-15-5-3-2-4-6-15/h2-6,14,16H,7-13H2,1H3/t14-,16-/m1/s1. The smallest absolute Gasteiger partial charge is 0.260 e. The largest absolute Gasteiger partial charge is 0.484 e. The normalized spacial score (nSPS) is 26.1. The average Bonchev–Trinajstić information content (AvgIpc) is 2.73. The summed E-state index contributed by atoms with van der Waals surface area (Å²) in [6.07, 6.45) is 1.17. The highest BCUT2D eigenvalue weighted by molar-refractivity contribution is 5.77. The van der Waals surface area contributed by atoms with Crippen LogP contribution in [0.15, 0.2) is 30.3 Å².